The molecule has 1 aromatic carbocycles. The van der Waals surface area contributed by atoms with Crippen molar-refractivity contribution in [2.24, 2.45) is 0 Å². The van der Waals surface area contributed by atoms with E-state index in [2.05, 4.69) is 10.2 Å². The maximum Gasteiger partial charge on any atom is 0.274 e. The van der Waals surface area contributed by atoms with Gasteiger partial charge in [-0.3, -0.25) is 15.0 Å². The van der Waals surface area contributed by atoms with Crippen molar-refractivity contribution in [2.45, 2.75) is 6.54 Å². The summed E-state index contributed by atoms with van der Waals surface area (Å²) in [5.41, 5.74) is 0.397. The van der Waals surface area contributed by atoms with Crippen LogP contribution in [0.2, 0.25) is 0 Å². The molecule has 0 spiro atoms. The van der Waals surface area contributed by atoms with Gasteiger partial charge in [0.15, 0.2) is 0 Å². The van der Waals surface area contributed by atoms with Crippen LogP contribution in [0.3, 0.4) is 0 Å². The standard InChI is InChI=1S/C14H21FN4O2/c1-17(8-9-18-6-4-16-5-7-18)11-12-10-13(15)2-3-14(12)19(20)21/h2-3,10,16H,4-9,11H2,1H3. The van der Waals surface area contributed by atoms with Crippen LogP contribution in [0.15, 0.2) is 18.2 Å². The smallest absolute Gasteiger partial charge is 0.274 e. The van der Waals surface area contributed by atoms with E-state index in [0.29, 0.717) is 12.1 Å². The number of halogens is 1. The highest BCUT2D eigenvalue weighted by atomic mass is 19.1. The van der Waals surface area contributed by atoms with Crippen molar-refractivity contribution in [3.05, 3.63) is 39.7 Å². The van der Waals surface area contributed by atoms with Gasteiger partial charge in [-0.15, -0.1) is 0 Å². The largest absolute Gasteiger partial charge is 0.314 e. The first-order valence-electron chi connectivity index (χ1n) is 7.10. The number of hydrogen-bond acceptors (Lipinski definition) is 5. The van der Waals surface area contributed by atoms with Gasteiger partial charge in [0.2, 0.25) is 0 Å². The number of nitrogens with one attached hydrogen (secondary N) is 1. The second-order valence-corrected chi connectivity index (χ2v) is 5.36. The molecule has 1 aliphatic rings. The lowest BCUT2D eigenvalue weighted by atomic mass is 10.1. The molecule has 1 saturated heterocycles. The second-order valence-electron chi connectivity index (χ2n) is 5.36. The minimum atomic E-state index is -0.459. The first kappa shape index (κ1) is 15.8. The van der Waals surface area contributed by atoms with Crippen molar-refractivity contribution in [1.29, 1.82) is 0 Å². The first-order chi connectivity index (χ1) is 10.1. The van der Waals surface area contributed by atoms with E-state index >= 15 is 0 Å². The summed E-state index contributed by atoms with van der Waals surface area (Å²) in [4.78, 5) is 14.9. The van der Waals surface area contributed by atoms with Gasteiger partial charge in [-0.25, -0.2) is 4.39 Å². The molecule has 0 aromatic heterocycles. The molecule has 1 heterocycles. The fraction of sp³-hybridized carbons (Fsp3) is 0.571. The summed E-state index contributed by atoms with van der Waals surface area (Å²) < 4.78 is 13.3. The predicted molar refractivity (Wildman–Crippen MR) is 78.7 cm³/mol. The molecule has 2 rings (SSSR count). The molecule has 0 atom stereocenters. The summed E-state index contributed by atoms with van der Waals surface area (Å²) >= 11 is 0. The van der Waals surface area contributed by atoms with E-state index < -0.39 is 10.7 Å². The zero-order valence-corrected chi connectivity index (χ0v) is 12.2. The number of nitro benzene ring substituents is 1. The monoisotopic (exact) mass is 296 g/mol. The van der Waals surface area contributed by atoms with Gasteiger partial charge in [-0.2, -0.15) is 0 Å². The minimum Gasteiger partial charge on any atom is -0.314 e. The van der Waals surface area contributed by atoms with Gasteiger partial charge < -0.3 is 10.2 Å². The van der Waals surface area contributed by atoms with Gasteiger partial charge in [0.25, 0.3) is 5.69 Å². The quantitative estimate of drug-likeness (QED) is 0.628. The molecular formula is C14H21FN4O2. The highest BCUT2D eigenvalue weighted by molar-refractivity contribution is 5.40. The summed E-state index contributed by atoms with van der Waals surface area (Å²) in [6.07, 6.45) is 0. The van der Waals surface area contributed by atoms with Crippen LogP contribution < -0.4 is 5.32 Å². The number of benzene rings is 1. The average molecular weight is 296 g/mol. The summed E-state index contributed by atoms with van der Waals surface area (Å²) in [5.74, 6) is -0.439. The molecule has 6 nitrogen and oxygen atoms in total. The Labute approximate surface area is 123 Å². The Balaban J connectivity index is 1.90. The maximum atomic E-state index is 13.3. The van der Waals surface area contributed by atoms with Crippen LogP contribution >= 0.6 is 0 Å². The summed E-state index contributed by atoms with van der Waals surface area (Å²) in [6, 6.07) is 3.61. The molecule has 0 saturated carbocycles. The Bertz CT molecular complexity index is 492. The predicted octanol–water partition coefficient (Wildman–Crippen LogP) is 1.07. The molecule has 1 N–H and O–H groups in total. The molecule has 21 heavy (non-hydrogen) atoms. The minimum absolute atomic E-state index is 0.0228. The number of likely N-dealkylation sites (N-methyl/N-ethyl adjacent to an activating group) is 1. The summed E-state index contributed by atoms with van der Waals surface area (Å²) in [6.45, 7) is 6.13. The Morgan fingerprint density at radius 1 is 1.43 bits per heavy atom. The number of nitro groups is 1. The van der Waals surface area contributed by atoms with Crippen molar-refractivity contribution in [2.75, 3.05) is 46.3 Å². The van der Waals surface area contributed by atoms with Gasteiger partial charge in [-0.1, -0.05) is 0 Å². The molecule has 1 fully saturated rings. The van der Waals surface area contributed by atoms with Crippen LogP contribution in [0.25, 0.3) is 0 Å². The molecule has 0 amide bonds. The summed E-state index contributed by atoms with van der Waals surface area (Å²) in [5, 5.41) is 14.3. The van der Waals surface area contributed by atoms with Gasteiger partial charge in [-0.05, 0) is 19.2 Å². The lowest BCUT2D eigenvalue weighted by Crippen LogP contribution is -2.45. The number of piperazine rings is 1. The first-order valence-corrected chi connectivity index (χ1v) is 7.10. The Hall–Kier alpha value is -1.57. The molecular weight excluding hydrogens is 275 g/mol. The van der Waals surface area contributed by atoms with Crippen molar-refractivity contribution in [3.8, 4) is 0 Å². The third kappa shape index (κ3) is 4.73. The highest BCUT2D eigenvalue weighted by Gasteiger charge is 2.16. The number of nitrogens with zero attached hydrogens (tertiary/aromatic N) is 3. The topological polar surface area (TPSA) is 61.6 Å². The van der Waals surface area contributed by atoms with Crippen molar-refractivity contribution >= 4 is 5.69 Å². The average Bonchev–Trinajstić information content (AvgIpc) is 2.46. The second kappa shape index (κ2) is 7.44. The Morgan fingerprint density at radius 3 is 2.81 bits per heavy atom. The molecule has 1 aliphatic heterocycles. The molecule has 1 aromatic rings. The molecule has 0 unspecified atom stereocenters. The van der Waals surface area contributed by atoms with E-state index in [1.807, 2.05) is 11.9 Å². The van der Waals surface area contributed by atoms with Gasteiger partial charge in [0.1, 0.15) is 5.82 Å². The molecule has 0 bridgehead atoms. The Kier molecular flexibility index (Phi) is 5.60. The zero-order valence-electron chi connectivity index (χ0n) is 12.2. The lowest BCUT2D eigenvalue weighted by Gasteiger charge is -2.29. The van der Waals surface area contributed by atoms with Gasteiger partial charge in [0.05, 0.1) is 4.92 Å². The lowest BCUT2D eigenvalue weighted by molar-refractivity contribution is -0.385. The van der Waals surface area contributed by atoms with Crippen LogP contribution in [0, 0.1) is 15.9 Å². The molecule has 0 aliphatic carbocycles. The number of hydrogen-bond donors (Lipinski definition) is 1. The fourth-order valence-electron chi connectivity index (χ4n) is 2.48. The highest BCUT2D eigenvalue weighted by Crippen LogP contribution is 2.20. The Morgan fingerprint density at radius 2 is 2.14 bits per heavy atom. The van der Waals surface area contributed by atoms with Crippen LogP contribution in [-0.2, 0) is 6.54 Å². The summed E-state index contributed by atoms with van der Waals surface area (Å²) in [7, 11) is 1.90. The fourth-order valence-corrected chi connectivity index (χ4v) is 2.48. The third-order valence-electron chi connectivity index (χ3n) is 3.69. The van der Waals surface area contributed by atoms with Crippen LogP contribution in [0.4, 0.5) is 10.1 Å². The molecule has 0 radical (unpaired) electrons. The van der Waals surface area contributed by atoms with E-state index in [0.717, 1.165) is 45.3 Å². The number of rotatable bonds is 6. The van der Waals surface area contributed by atoms with Gasteiger partial charge in [0, 0.05) is 57.4 Å². The molecule has 7 heteroatoms. The van der Waals surface area contributed by atoms with Crippen LogP contribution in [-0.4, -0.2) is 61.0 Å². The van der Waals surface area contributed by atoms with Crippen LogP contribution in [0.5, 0.6) is 0 Å². The van der Waals surface area contributed by atoms with Crippen molar-refractivity contribution < 1.29 is 9.31 Å². The third-order valence-corrected chi connectivity index (χ3v) is 3.69. The molecule has 116 valence electrons. The zero-order chi connectivity index (χ0) is 15.2. The normalized spacial score (nSPS) is 16.3. The van der Waals surface area contributed by atoms with Crippen LogP contribution in [0.1, 0.15) is 5.56 Å². The van der Waals surface area contributed by atoms with E-state index in [1.54, 1.807) is 0 Å². The maximum absolute atomic E-state index is 13.3. The van der Waals surface area contributed by atoms with E-state index in [-0.39, 0.29) is 5.69 Å². The van der Waals surface area contributed by atoms with E-state index in [4.69, 9.17) is 0 Å². The van der Waals surface area contributed by atoms with Gasteiger partial charge >= 0.3 is 0 Å². The van der Waals surface area contributed by atoms with E-state index in [9.17, 15) is 14.5 Å². The SMILES string of the molecule is CN(CCN1CCNCC1)Cc1cc(F)ccc1[N+](=O)[O-]. The van der Waals surface area contributed by atoms with Crippen molar-refractivity contribution in [3.63, 3.8) is 0 Å². The van der Waals surface area contributed by atoms with E-state index in [1.165, 1.54) is 12.1 Å². The van der Waals surface area contributed by atoms with Crippen molar-refractivity contribution in [1.82, 2.24) is 15.1 Å².